The summed E-state index contributed by atoms with van der Waals surface area (Å²) < 4.78 is 5.90. The Morgan fingerprint density at radius 1 is 1.09 bits per heavy atom. The third-order valence-electron chi connectivity index (χ3n) is 3.77. The van der Waals surface area contributed by atoms with Crippen LogP contribution in [-0.2, 0) is 11.4 Å². The van der Waals surface area contributed by atoms with Gasteiger partial charge in [0.2, 0.25) is 0 Å². The molecule has 0 aliphatic rings. The van der Waals surface area contributed by atoms with Crippen LogP contribution in [0.15, 0.2) is 43.0 Å². The van der Waals surface area contributed by atoms with Crippen LogP contribution in [0.3, 0.4) is 0 Å². The van der Waals surface area contributed by atoms with Gasteiger partial charge in [-0.15, -0.1) is 0 Å². The fraction of sp³-hybridized carbons (Fsp3) is 0.300. The molecule has 0 fully saturated rings. The van der Waals surface area contributed by atoms with E-state index in [2.05, 4.69) is 83.3 Å². The molecule has 0 amide bonds. The molecular formula is C20H24OS. The Morgan fingerprint density at radius 3 is 2.09 bits per heavy atom. The van der Waals surface area contributed by atoms with E-state index in [9.17, 15) is 0 Å². The smallest absolute Gasteiger partial charge is 0.125 e. The molecule has 0 N–H and O–H groups in total. The van der Waals surface area contributed by atoms with E-state index in [-0.39, 0.29) is 4.75 Å². The number of hydrogen-bond acceptors (Lipinski definition) is 2. The zero-order valence-corrected chi connectivity index (χ0v) is 14.7. The number of benzene rings is 2. The van der Waals surface area contributed by atoms with Crippen molar-refractivity contribution in [3.8, 4) is 5.75 Å². The third-order valence-corrected chi connectivity index (χ3v) is 4.02. The van der Waals surface area contributed by atoms with Crippen LogP contribution in [0.4, 0.5) is 0 Å². The fourth-order valence-corrected chi connectivity index (χ4v) is 2.57. The summed E-state index contributed by atoms with van der Waals surface area (Å²) in [4.78, 5) is 0. The summed E-state index contributed by atoms with van der Waals surface area (Å²) in [6.45, 7) is 12.7. The first-order valence-electron chi connectivity index (χ1n) is 7.49. The minimum Gasteiger partial charge on any atom is -0.488 e. The topological polar surface area (TPSA) is 9.23 Å². The molecule has 116 valence electrons. The monoisotopic (exact) mass is 312 g/mol. The predicted octanol–water partition coefficient (Wildman–Crippen LogP) is 5.69. The molecule has 22 heavy (non-hydrogen) atoms. The second-order valence-electron chi connectivity index (χ2n) is 6.23. The predicted molar refractivity (Wildman–Crippen MR) is 98.8 cm³/mol. The highest BCUT2D eigenvalue weighted by molar-refractivity contribution is 7.81. The molecule has 0 atom stereocenters. The molecule has 0 aliphatic heterocycles. The second-order valence-corrected chi connectivity index (χ2v) is 7.35. The molecule has 1 nitrogen and oxygen atoms in total. The number of ether oxygens (including phenoxy) is 1. The van der Waals surface area contributed by atoms with Crippen LogP contribution >= 0.6 is 12.6 Å². The van der Waals surface area contributed by atoms with Gasteiger partial charge >= 0.3 is 0 Å². The SMILES string of the molecule is C=Cc1ccc(COc2c(C)cc(C(C)(C)S)cc2C)cc1. The summed E-state index contributed by atoms with van der Waals surface area (Å²) in [6.07, 6.45) is 1.84. The van der Waals surface area contributed by atoms with Crippen molar-refractivity contribution in [3.63, 3.8) is 0 Å². The maximum absolute atomic E-state index is 6.04. The van der Waals surface area contributed by atoms with E-state index >= 15 is 0 Å². The summed E-state index contributed by atoms with van der Waals surface area (Å²) in [5, 5.41) is 0. The normalized spacial score (nSPS) is 11.3. The van der Waals surface area contributed by atoms with Crippen LogP contribution in [-0.4, -0.2) is 0 Å². The third kappa shape index (κ3) is 3.95. The van der Waals surface area contributed by atoms with E-state index in [1.807, 2.05) is 6.08 Å². The Balaban J connectivity index is 2.17. The van der Waals surface area contributed by atoms with Gasteiger partial charge in [-0.1, -0.05) is 49.1 Å². The zero-order valence-electron chi connectivity index (χ0n) is 13.8. The van der Waals surface area contributed by atoms with E-state index in [0.717, 1.165) is 28.0 Å². The van der Waals surface area contributed by atoms with Gasteiger partial charge in [-0.3, -0.25) is 0 Å². The molecule has 0 bridgehead atoms. The summed E-state index contributed by atoms with van der Waals surface area (Å²) in [5.41, 5.74) is 5.80. The van der Waals surface area contributed by atoms with Crippen LogP contribution in [0.25, 0.3) is 6.08 Å². The van der Waals surface area contributed by atoms with Gasteiger partial charge in [0.05, 0.1) is 0 Å². The van der Waals surface area contributed by atoms with Gasteiger partial charge in [-0.2, -0.15) is 12.6 Å². The van der Waals surface area contributed by atoms with Gasteiger partial charge in [-0.25, -0.2) is 0 Å². The Kier molecular flexibility index (Phi) is 5.02. The highest BCUT2D eigenvalue weighted by Crippen LogP contribution is 2.33. The van der Waals surface area contributed by atoms with E-state index in [1.54, 1.807) is 0 Å². The summed E-state index contributed by atoms with van der Waals surface area (Å²) >= 11 is 4.65. The summed E-state index contributed by atoms with van der Waals surface area (Å²) in [7, 11) is 0. The standard InChI is InChI=1S/C20H24OS/c1-6-16-7-9-17(10-8-16)13-21-19-14(2)11-18(12-15(19)3)20(4,5)22/h6-12,22H,1,13H2,2-5H3. The molecular weight excluding hydrogens is 288 g/mol. The van der Waals surface area contributed by atoms with Crippen molar-refractivity contribution in [1.29, 1.82) is 0 Å². The maximum atomic E-state index is 6.04. The molecule has 2 aromatic rings. The lowest BCUT2D eigenvalue weighted by molar-refractivity contribution is 0.302. The van der Waals surface area contributed by atoms with Gasteiger partial charge in [0, 0.05) is 4.75 Å². The highest BCUT2D eigenvalue weighted by Gasteiger charge is 2.17. The molecule has 0 spiro atoms. The first-order chi connectivity index (χ1) is 10.3. The van der Waals surface area contributed by atoms with Crippen molar-refractivity contribution >= 4 is 18.7 Å². The fourth-order valence-electron chi connectivity index (χ4n) is 2.44. The van der Waals surface area contributed by atoms with Crippen molar-refractivity contribution < 1.29 is 4.74 Å². The first kappa shape index (κ1) is 16.7. The van der Waals surface area contributed by atoms with Gasteiger partial charge in [0.15, 0.2) is 0 Å². The van der Waals surface area contributed by atoms with Crippen LogP contribution in [0.5, 0.6) is 5.75 Å². The quantitative estimate of drug-likeness (QED) is 0.698. The van der Waals surface area contributed by atoms with Gasteiger partial charge in [0.25, 0.3) is 0 Å². The summed E-state index contributed by atoms with van der Waals surface area (Å²) in [6, 6.07) is 12.6. The Hall–Kier alpha value is -1.67. The average Bonchev–Trinajstić information content (AvgIpc) is 2.46. The largest absolute Gasteiger partial charge is 0.488 e. The number of hydrogen-bond donors (Lipinski definition) is 1. The van der Waals surface area contributed by atoms with Crippen LogP contribution in [0, 0.1) is 13.8 Å². The minimum absolute atomic E-state index is 0.144. The molecule has 2 aromatic carbocycles. The molecule has 2 heteroatoms. The van der Waals surface area contributed by atoms with E-state index in [1.165, 1.54) is 5.56 Å². The number of aryl methyl sites for hydroxylation is 2. The minimum atomic E-state index is -0.144. The molecule has 0 aliphatic carbocycles. The van der Waals surface area contributed by atoms with Crippen molar-refractivity contribution in [2.24, 2.45) is 0 Å². The van der Waals surface area contributed by atoms with E-state index in [4.69, 9.17) is 4.74 Å². The molecule has 2 rings (SSSR count). The second kappa shape index (κ2) is 6.62. The van der Waals surface area contributed by atoms with Gasteiger partial charge < -0.3 is 4.74 Å². The van der Waals surface area contributed by atoms with Gasteiger partial charge in [0.1, 0.15) is 12.4 Å². The van der Waals surface area contributed by atoms with Gasteiger partial charge in [-0.05, 0) is 55.5 Å². The molecule has 0 aromatic heterocycles. The number of thiol groups is 1. The van der Waals surface area contributed by atoms with E-state index < -0.39 is 0 Å². The van der Waals surface area contributed by atoms with Crippen LogP contribution in [0.2, 0.25) is 0 Å². The lowest BCUT2D eigenvalue weighted by Crippen LogP contribution is -2.09. The van der Waals surface area contributed by atoms with Crippen molar-refractivity contribution in [1.82, 2.24) is 0 Å². The lowest BCUT2D eigenvalue weighted by atomic mass is 9.97. The summed E-state index contributed by atoms with van der Waals surface area (Å²) in [5.74, 6) is 0.967. The Labute approximate surface area is 139 Å². The maximum Gasteiger partial charge on any atom is 0.125 e. The van der Waals surface area contributed by atoms with Crippen molar-refractivity contribution in [2.75, 3.05) is 0 Å². The molecule has 0 unspecified atom stereocenters. The van der Waals surface area contributed by atoms with Crippen molar-refractivity contribution in [3.05, 3.63) is 70.8 Å². The molecule has 0 saturated heterocycles. The van der Waals surface area contributed by atoms with E-state index in [0.29, 0.717) is 6.61 Å². The number of rotatable bonds is 5. The Bertz CT molecular complexity index is 640. The highest BCUT2D eigenvalue weighted by atomic mass is 32.1. The first-order valence-corrected chi connectivity index (χ1v) is 7.94. The molecule has 0 radical (unpaired) electrons. The van der Waals surface area contributed by atoms with Crippen LogP contribution < -0.4 is 4.74 Å². The van der Waals surface area contributed by atoms with Crippen LogP contribution in [0.1, 0.15) is 41.7 Å². The average molecular weight is 312 g/mol. The molecule has 0 heterocycles. The van der Waals surface area contributed by atoms with Crippen molar-refractivity contribution in [2.45, 2.75) is 39.0 Å². The lowest BCUT2D eigenvalue weighted by Gasteiger charge is -2.21. The Morgan fingerprint density at radius 2 is 1.64 bits per heavy atom. The zero-order chi connectivity index (χ0) is 16.3. The molecule has 0 saturated carbocycles.